The molecule has 0 aliphatic carbocycles. The molecule has 2 aromatic carbocycles. The molecule has 0 spiro atoms. The maximum absolute atomic E-state index is 11.8. The molecule has 1 aliphatic heterocycles. The van der Waals surface area contributed by atoms with E-state index in [1.165, 1.54) is 17.7 Å². The van der Waals surface area contributed by atoms with Crippen molar-refractivity contribution in [2.75, 3.05) is 25.1 Å². The Morgan fingerprint density at radius 2 is 1.88 bits per heavy atom. The lowest BCUT2D eigenvalue weighted by Crippen LogP contribution is -2.33. The van der Waals surface area contributed by atoms with Gasteiger partial charge in [0.25, 0.3) is 5.69 Å². The monoisotopic (exact) mass is 327 g/mol. The number of piperidine rings is 1. The van der Waals surface area contributed by atoms with Crippen molar-refractivity contribution >= 4 is 11.4 Å². The van der Waals surface area contributed by atoms with Crippen molar-refractivity contribution in [3.8, 4) is 11.5 Å². The van der Waals surface area contributed by atoms with Gasteiger partial charge in [-0.05, 0) is 48.3 Å². The molecular weight excluding hydrogens is 308 g/mol. The largest absolute Gasteiger partial charge is 0.868 e. The second kappa shape index (κ2) is 6.78. The first kappa shape index (κ1) is 16.1. The zero-order chi connectivity index (χ0) is 17.1. The highest BCUT2D eigenvalue weighted by atomic mass is 16.6. The topological polar surface area (TPSA) is 78.7 Å². The number of benzene rings is 2. The molecule has 0 bridgehead atoms. The van der Waals surface area contributed by atoms with Crippen LogP contribution >= 0.6 is 0 Å². The van der Waals surface area contributed by atoms with E-state index in [-0.39, 0.29) is 5.69 Å². The Kier molecular flexibility index (Phi) is 4.55. The Balaban J connectivity index is 1.71. The van der Waals surface area contributed by atoms with Gasteiger partial charge < -0.3 is 14.7 Å². The summed E-state index contributed by atoms with van der Waals surface area (Å²) in [7, 11) is 1.68. The summed E-state index contributed by atoms with van der Waals surface area (Å²) in [6.45, 7) is 1.61. The summed E-state index contributed by atoms with van der Waals surface area (Å²) in [6, 6.07) is 12.4. The maximum Gasteiger partial charge on any atom is 0.261 e. The standard InChI is InChI=1S/C18H20N2O4/c1-24-18-5-3-2-4-15(18)13-8-10-19(11-9-13)14-6-7-16(20(22)23)17(21)12-14/h2-7,12-13,21H,8-11H2,1H3/p-1. The number of nitro groups is 1. The first-order chi connectivity index (χ1) is 11.6. The van der Waals surface area contributed by atoms with E-state index in [1.54, 1.807) is 13.2 Å². The number of ether oxygens (including phenoxy) is 1. The molecule has 1 fully saturated rings. The van der Waals surface area contributed by atoms with Crippen molar-refractivity contribution in [2.45, 2.75) is 18.8 Å². The number of para-hydroxylation sites is 1. The molecule has 0 radical (unpaired) electrons. The third-order valence-electron chi connectivity index (χ3n) is 4.58. The fourth-order valence-corrected chi connectivity index (χ4v) is 3.30. The number of nitro benzene ring substituents is 1. The predicted molar refractivity (Wildman–Crippen MR) is 89.7 cm³/mol. The highest BCUT2D eigenvalue weighted by Crippen LogP contribution is 2.36. The smallest absolute Gasteiger partial charge is 0.261 e. The molecule has 6 nitrogen and oxygen atoms in total. The second-order valence-electron chi connectivity index (χ2n) is 5.91. The van der Waals surface area contributed by atoms with Crippen LogP contribution in [0.4, 0.5) is 11.4 Å². The molecule has 0 amide bonds. The molecule has 2 aromatic rings. The Morgan fingerprint density at radius 1 is 1.17 bits per heavy atom. The molecule has 0 aromatic heterocycles. The summed E-state index contributed by atoms with van der Waals surface area (Å²) >= 11 is 0. The number of hydrogen-bond donors (Lipinski definition) is 0. The molecule has 0 unspecified atom stereocenters. The van der Waals surface area contributed by atoms with E-state index >= 15 is 0 Å². The summed E-state index contributed by atoms with van der Waals surface area (Å²) in [4.78, 5) is 12.2. The highest BCUT2D eigenvalue weighted by Gasteiger charge is 2.23. The van der Waals surface area contributed by atoms with Gasteiger partial charge in [0.2, 0.25) is 0 Å². The SMILES string of the molecule is COc1ccccc1C1CCN(c2ccc([N+](=O)[O-])c([O-])c2)CC1. The van der Waals surface area contributed by atoms with Crippen molar-refractivity contribution in [1.29, 1.82) is 0 Å². The average Bonchev–Trinajstić information content (AvgIpc) is 2.61. The van der Waals surface area contributed by atoms with Gasteiger partial charge in [-0.3, -0.25) is 10.1 Å². The lowest BCUT2D eigenvalue weighted by Gasteiger charge is -2.34. The Bertz CT molecular complexity index is 740. The van der Waals surface area contributed by atoms with Crippen molar-refractivity contribution in [1.82, 2.24) is 0 Å². The lowest BCUT2D eigenvalue weighted by molar-refractivity contribution is -0.398. The Morgan fingerprint density at radius 3 is 2.50 bits per heavy atom. The van der Waals surface area contributed by atoms with Crippen LogP contribution in [0.15, 0.2) is 42.5 Å². The van der Waals surface area contributed by atoms with E-state index < -0.39 is 10.7 Å². The fraction of sp³-hybridized carbons (Fsp3) is 0.333. The fourth-order valence-electron chi connectivity index (χ4n) is 3.30. The molecule has 0 atom stereocenters. The van der Waals surface area contributed by atoms with Crippen LogP contribution in [0.3, 0.4) is 0 Å². The van der Waals surface area contributed by atoms with Gasteiger partial charge in [-0.15, -0.1) is 0 Å². The number of methoxy groups -OCH3 is 1. The average molecular weight is 327 g/mol. The molecule has 6 heteroatoms. The molecule has 0 saturated carbocycles. The Hall–Kier alpha value is -2.76. The molecular formula is C18H19N2O4-. The van der Waals surface area contributed by atoms with Gasteiger partial charge in [0.1, 0.15) is 5.75 Å². The van der Waals surface area contributed by atoms with E-state index in [4.69, 9.17) is 4.74 Å². The second-order valence-corrected chi connectivity index (χ2v) is 5.91. The van der Waals surface area contributed by atoms with Crippen molar-refractivity contribution in [2.24, 2.45) is 0 Å². The van der Waals surface area contributed by atoms with Crippen LogP contribution in [0, 0.1) is 10.1 Å². The van der Waals surface area contributed by atoms with Gasteiger partial charge in [0, 0.05) is 24.8 Å². The van der Waals surface area contributed by atoms with Crippen LogP contribution in [0.5, 0.6) is 11.5 Å². The van der Waals surface area contributed by atoms with Crippen molar-refractivity contribution in [3.63, 3.8) is 0 Å². The minimum absolute atomic E-state index is 0.373. The lowest BCUT2D eigenvalue weighted by atomic mass is 9.88. The van der Waals surface area contributed by atoms with Gasteiger partial charge in [-0.2, -0.15) is 0 Å². The zero-order valence-corrected chi connectivity index (χ0v) is 13.5. The predicted octanol–water partition coefficient (Wildman–Crippen LogP) is 3.06. The molecule has 126 valence electrons. The summed E-state index contributed by atoms with van der Waals surface area (Å²) in [5.41, 5.74) is 1.60. The highest BCUT2D eigenvalue weighted by molar-refractivity contribution is 5.58. The van der Waals surface area contributed by atoms with Gasteiger partial charge >= 0.3 is 0 Å². The van der Waals surface area contributed by atoms with Crippen LogP contribution in [0.2, 0.25) is 0 Å². The van der Waals surface area contributed by atoms with Gasteiger partial charge in [0.15, 0.2) is 0 Å². The van der Waals surface area contributed by atoms with Crippen molar-refractivity contribution in [3.05, 3.63) is 58.1 Å². The van der Waals surface area contributed by atoms with Gasteiger partial charge in [0.05, 0.1) is 12.0 Å². The maximum atomic E-state index is 11.8. The van der Waals surface area contributed by atoms with Crippen LogP contribution in [-0.2, 0) is 0 Å². The minimum atomic E-state index is -0.639. The summed E-state index contributed by atoms with van der Waals surface area (Å²) in [6.07, 6.45) is 1.90. The quantitative estimate of drug-likeness (QED) is 0.637. The third-order valence-corrected chi connectivity index (χ3v) is 4.58. The number of anilines is 1. The number of nitrogens with zero attached hydrogens (tertiary/aromatic N) is 2. The molecule has 1 heterocycles. The summed E-state index contributed by atoms with van der Waals surface area (Å²) in [5, 5.41) is 22.6. The van der Waals surface area contributed by atoms with E-state index in [1.807, 2.05) is 18.2 Å². The first-order valence-corrected chi connectivity index (χ1v) is 7.93. The zero-order valence-electron chi connectivity index (χ0n) is 13.5. The van der Waals surface area contributed by atoms with E-state index in [0.29, 0.717) is 5.92 Å². The molecule has 1 saturated heterocycles. The van der Waals surface area contributed by atoms with Crippen LogP contribution in [0.25, 0.3) is 0 Å². The third kappa shape index (κ3) is 3.13. The summed E-state index contributed by atoms with van der Waals surface area (Å²) < 4.78 is 5.44. The van der Waals surface area contributed by atoms with E-state index in [0.717, 1.165) is 37.4 Å². The van der Waals surface area contributed by atoms with Crippen LogP contribution in [-0.4, -0.2) is 25.1 Å². The molecule has 24 heavy (non-hydrogen) atoms. The van der Waals surface area contributed by atoms with Crippen LogP contribution < -0.4 is 14.7 Å². The first-order valence-electron chi connectivity index (χ1n) is 7.93. The van der Waals surface area contributed by atoms with Gasteiger partial charge in [-0.1, -0.05) is 18.2 Å². The molecule has 3 rings (SSSR count). The molecule has 0 N–H and O–H groups in total. The van der Waals surface area contributed by atoms with Crippen LogP contribution in [0.1, 0.15) is 24.3 Å². The number of rotatable bonds is 4. The van der Waals surface area contributed by atoms with Crippen molar-refractivity contribution < 1.29 is 14.8 Å². The van der Waals surface area contributed by atoms with E-state index in [9.17, 15) is 15.2 Å². The Labute approximate surface area is 140 Å². The minimum Gasteiger partial charge on any atom is -0.868 e. The van der Waals surface area contributed by atoms with Gasteiger partial charge in [-0.25, -0.2) is 0 Å². The van der Waals surface area contributed by atoms with E-state index in [2.05, 4.69) is 11.0 Å². The normalized spacial score (nSPS) is 15.3. The summed E-state index contributed by atoms with van der Waals surface area (Å²) in [5.74, 6) is 0.791. The number of hydrogen-bond acceptors (Lipinski definition) is 5. The molecule has 1 aliphatic rings.